The van der Waals surface area contributed by atoms with E-state index in [1.165, 1.54) is 11.1 Å². The monoisotopic (exact) mass is 229 g/mol. The van der Waals surface area contributed by atoms with Crippen molar-refractivity contribution in [2.45, 2.75) is 19.9 Å². The molecule has 1 atom stereocenters. The van der Waals surface area contributed by atoms with Crippen molar-refractivity contribution in [3.63, 3.8) is 0 Å². The summed E-state index contributed by atoms with van der Waals surface area (Å²) in [4.78, 5) is 4.38. The van der Waals surface area contributed by atoms with Crippen LogP contribution < -0.4 is 5.32 Å². The fraction of sp³-hybridized carbons (Fsp3) is 0.357. The second-order valence-electron chi connectivity index (χ2n) is 4.27. The fourth-order valence-electron chi connectivity index (χ4n) is 2.01. The third kappa shape index (κ3) is 2.56. The summed E-state index contributed by atoms with van der Waals surface area (Å²) in [6, 6.07) is 8.92. The van der Waals surface area contributed by atoms with Crippen LogP contribution in [0.2, 0.25) is 0 Å². The Hall–Kier alpha value is -1.61. The molecule has 2 rings (SSSR count). The number of hydrogen-bond donors (Lipinski definition) is 1. The van der Waals surface area contributed by atoms with E-state index in [9.17, 15) is 0 Å². The summed E-state index contributed by atoms with van der Waals surface area (Å²) >= 11 is 0. The predicted octanol–water partition coefficient (Wildman–Crippen LogP) is 2.76. The second-order valence-corrected chi connectivity index (χ2v) is 4.27. The number of aromatic nitrogens is 2. The van der Waals surface area contributed by atoms with E-state index in [1.54, 1.807) is 0 Å². The van der Waals surface area contributed by atoms with Gasteiger partial charge in [-0.25, -0.2) is 4.98 Å². The summed E-state index contributed by atoms with van der Waals surface area (Å²) in [5, 5.41) is 3.42. The first-order valence-corrected chi connectivity index (χ1v) is 6.03. The summed E-state index contributed by atoms with van der Waals surface area (Å²) in [6.07, 6.45) is 3.80. The van der Waals surface area contributed by atoms with Crippen molar-refractivity contribution in [1.82, 2.24) is 14.9 Å². The standard InChI is InChI=1S/C14H19N3/c1-4-15-11(2)12-6-5-7-13(10-12)14-16-8-9-17(14)3/h5-11,15H,4H2,1-3H3. The lowest BCUT2D eigenvalue weighted by atomic mass is 10.0. The third-order valence-electron chi connectivity index (χ3n) is 2.98. The van der Waals surface area contributed by atoms with E-state index in [4.69, 9.17) is 0 Å². The summed E-state index contributed by atoms with van der Waals surface area (Å²) in [6.45, 7) is 5.29. The molecule has 1 heterocycles. The molecule has 0 aliphatic carbocycles. The number of nitrogens with one attached hydrogen (secondary N) is 1. The first-order valence-electron chi connectivity index (χ1n) is 6.03. The van der Waals surface area contributed by atoms with Crippen LogP contribution in [0.5, 0.6) is 0 Å². The lowest BCUT2D eigenvalue weighted by Gasteiger charge is -2.13. The van der Waals surface area contributed by atoms with Crippen molar-refractivity contribution in [1.29, 1.82) is 0 Å². The minimum Gasteiger partial charge on any atom is -0.334 e. The van der Waals surface area contributed by atoms with Gasteiger partial charge < -0.3 is 9.88 Å². The molecule has 0 saturated carbocycles. The van der Waals surface area contributed by atoms with E-state index in [0.29, 0.717) is 6.04 Å². The molecule has 0 bridgehead atoms. The van der Waals surface area contributed by atoms with Crippen molar-refractivity contribution in [2.24, 2.45) is 7.05 Å². The number of rotatable bonds is 4. The molecule has 1 N–H and O–H groups in total. The van der Waals surface area contributed by atoms with E-state index in [0.717, 1.165) is 12.4 Å². The third-order valence-corrected chi connectivity index (χ3v) is 2.98. The van der Waals surface area contributed by atoms with Gasteiger partial charge in [0.15, 0.2) is 0 Å². The van der Waals surface area contributed by atoms with Gasteiger partial charge in [0.2, 0.25) is 0 Å². The zero-order valence-electron chi connectivity index (χ0n) is 10.6. The average Bonchev–Trinajstić information content (AvgIpc) is 2.76. The molecule has 0 saturated heterocycles. The van der Waals surface area contributed by atoms with Crippen molar-refractivity contribution in [2.75, 3.05) is 6.54 Å². The molecular weight excluding hydrogens is 210 g/mol. The maximum atomic E-state index is 4.38. The van der Waals surface area contributed by atoms with Crippen LogP contribution in [0.3, 0.4) is 0 Å². The number of aryl methyl sites for hydroxylation is 1. The topological polar surface area (TPSA) is 29.9 Å². The molecule has 90 valence electrons. The first kappa shape index (κ1) is 11.9. The van der Waals surface area contributed by atoms with Gasteiger partial charge in [0.25, 0.3) is 0 Å². The van der Waals surface area contributed by atoms with Crippen LogP contribution in [-0.2, 0) is 7.05 Å². The fourth-order valence-corrected chi connectivity index (χ4v) is 2.01. The van der Waals surface area contributed by atoms with E-state index in [-0.39, 0.29) is 0 Å². The van der Waals surface area contributed by atoms with Crippen molar-refractivity contribution in [3.8, 4) is 11.4 Å². The van der Waals surface area contributed by atoms with Gasteiger partial charge in [-0.15, -0.1) is 0 Å². The highest BCUT2D eigenvalue weighted by Crippen LogP contribution is 2.21. The quantitative estimate of drug-likeness (QED) is 0.873. The average molecular weight is 229 g/mol. The van der Waals surface area contributed by atoms with Crippen LogP contribution in [0, 0.1) is 0 Å². The van der Waals surface area contributed by atoms with Crippen LogP contribution in [0.15, 0.2) is 36.7 Å². The molecule has 1 aromatic heterocycles. The maximum Gasteiger partial charge on any atom is 0.139 e. The van der Waals surface area contributed by atoms with Gasteiger partial charge in [0.1, 0.15) is 5.82 Å². The normalized spacial score (nSPS) is 12.6. The molecule has 0 radical (unpaired) electrons. The molecule has 0 aliphatic rings. The van der Waals surface area contributed by atoms with Gasteiger partial charge >= 0.3 is 0 Å². The summed E-state index contributed by atoms with van der Waals surface area (Å²) in [5.41, 5.74) is 2.46. The SMILES string of the molecule is CCNC(C)c1cccc(-c2nccn2C)c1. The van der Waals surface area contributed by atoms with Gasteiger partial charge in [0, 0.05) is 31.0 Å². The minimum absolute atomic E-state index is 0.375. The molecule has 2 aromatic rings. The van der Waals surface area contributed by atoms with Crippen molar-refractivity contribution in [3.05, 3.63) is 42.2 Å². The van der Waals surface area contributed by atoms with Crippen LogP contribution in [0.1, 0.15) is 25.5 Å². The summed E-state index contributed by atoms with van der Waals surface area (Å²) in [5.74, 6) is 1.01. The number of benzene rings is 1. The van der Waals surface area contributed by atoms with E-state index >= 15 is 0 Å². The van der Waals surface area contributed by atoms with Crippen LogP contribution in [0.25, 0.3) is 11.4 Å². The molecule has 0 spiro atoms. The molecule has 0 aliphatic heterocycles. The first-order chi connectivity index (χ1) is 8.22. The molecule has 17 heavy (non-hydrogen) atoms. The van der Waals surface area contributed by atoms with Gasteiger partial charge in [-0.2, -0.15) is 0 Å². The Labute approximate surface area is 103 Å². The number of nitrogens with zero attached hydrogens (tertiary/aromatic N) is 2. The molecule has 1 aromatic carbocycles. The minimum atomic E-state index is 0.375. The highest BCUT2D eigenvalue weighted by atomic mass is 15.0. The highest BCUT2D eigenvalue weighted by Gasteiger charge is 2.07. The van der Waals surface area contributed by atoms with Crippen LogP contribution >= 0.6 is 0 Å². The molecule has 0 amide bonds. The predicted molar refractivity (Wildman–Crippen MR) is 70.7 cm³/mol. The van der Waals surface area contributed by atoms with Gasteiger partial charge in [-0.05, 0) is 25.1 Å². The van der Waals surface area contributed by atoms with E-state index in [1.807, 2.05) is 24.0 Å². The largest absolute Gasteiger partial charge is 0.334 e. The van der Waals surface area contributed by atoms with Crippen molar-refractivity contribution < 1.29 is 0 Å². The summed E-state index contributed by atoms with van der Waals surface area (Å²) in [7, 11) is 2.02. The summed E-state index contributed by atoms with van der Waals surface area (Å²) < 4.78 is 2.04. The van der Waals surface area contributed by atoms with Crippen LogP contribution in [-0.4, -0.2) is 16.1 Å². The smallest absolute Gasteiger partial charge is 0.139 e. The molecular formula is C14H19N3. The molecule has 1 unspecified atom stereocenters. The van der Waals surface area contributed by atoms with Crippen molar-refractivity contribution >= 4 is 0 Å². The number of hydrogen-bond acceptors (Lipinski definition) is 2. The van der Waals surface area contributed by atoms with Gasteiger partial charge in [-0.1, -0.05) is 25.1 Å². The Bertz CT molecular complexity index is 488. The molecule has 3 heteroatoms. The van der Waals surface area contributed by atoms with E-state index in [2.05, 4.69) is 48.4 Å². The lowest BCUT2D eigenvalue weighted by molar-refractivity contribution is 0.598. The molecule has 3 nitrogen and oxygen atoms in total. The van der Waals surface area contributed by atoms with E-state index < -0.39 is 0 Å². The zero-order chi connectivity index (χ0) is 12.3. The zero-order valence-corrected chi connectivity index (χ0v) is 10.6. The Kier molecular flexibility index (Phi) is 3.59. The van der Waals surface area contributed by atoms with Gasteiger partial charge in [0.05, 0.1) is 0 Å². The Morgan fingerprint density at radius 2 is 2.24 bits per heavy atom. The maximum absolute atomic E-state index is 4.38. The molecule has 0 fully saturated rings. The second kappa shape index (κ2) is 5.15. The Balaban J connectivity index is 2.32. The Morgan fingerprint density at radius 3 is 2.88 bits per heavy atom. The lowest BCUT2D eigenvalue weighted by Crippen LogP contribution is -2.17. The van der Waals surface area contributed by atoms with Gasteiger partial charge in [-0.3, -0.25) is 0 Å². The van der Waals surface area contributed by atoms with Crippen LogP contribution in [0.4, 0.5) is 0 Å². The Morgan fingerprint density at radius 1 is 1.41 bits per heavy atom. The number of imidazole rings is 1. The highest BCUT2D eigenvalue weighted by molar-refractivity contribution is 5.56.